The number of likely N-dealkylation sites (tertiary alicyclic amines) is 1. The van der Waals surface area contributed by atoms with E-state index in [1.807, 2.05) is 31.2 Å². The number of aliphatic carboxylic acids is 1. The molecule has 5 heteroatoms. The molecular formula is C16H19NO4. The Morgan fingerprint density at radius 2 is 2.10 bits per heavy atom. The van der Waals surface area contributed by atoms with Crippen LogP contribution in [0.15, 0.2) is 30.3 Å². The molecule has 1 saturated heterocycles. The van der Waals surface area contributed by atoms with E-state index in [1.165, 1.54) is 11.0 Å². The predicted octanol–water partition coefficient (Wildman–Crippen LogP) is 2.17. The summed E-state index contributed by atoms with van der Waals surface area (Å²) in [4.78, 5) is 24.5. The highest BCUT2D eigenvalue weighted by molar-refractivity contribution is 5.94. The number of carboxylic acid groups (broad SMARTS) is 1. The van der Waals surface area contributed by atoms with Crippen LogP contribution < -0.4 is 4.74 Å². The lowest BCUT2D eigenvalue weighted by molar-refractivity contribution is -0.146. The summed E-state index contributed by atoms with van der Waals surface area (Å²) in [6.45, 7) is 3.03. The molecule has 0 spiro atoms. The van der Waals surface area contributed by atoms with Gasteiger partial charge in [-0.3, -0.25) is 4.79 Å². The van der Waals surface area contributed by atoms with E-state index in [2.05, 4.69) is 0 Å². The zero-order valence-corrected chi connectivity index (χ0v) is 12.0. The third-order valence-electron chi connectivity index (χ3n) is 3.43. The first-order chi connectivity index (χ1) is 10.1. The lowest BCUT2D eigenvalue weighted by Gasteiger charge is -2.19. The number of ether oxygens (including phenoxy) is 1. The highest BCUT2D eigenvalue weighted by Gasteiger charge is 2.32. The van der Waals surface area contributed by atoms with Crippen molar-refractivity contribution in [2.45, 2.75) is 25.8 Å². The zero-order valence-electron chi connectivity index (χ0n) is 12.0. The van der Waals surface area contributed by atoms with Crippen molar-refractivity contribution in [3.8, 4) is 5.75 Å². The summed E-state index contributed by atoms with van der Waals surface area (Å²) in [5.41, 5.74) is 0.873. The zero-order chi connectivity index (χ0) is 15.2. The van der Waals surface area contributed by atoms with E-state index in [1.54, 1.807) is 6.08 Å². The molecule has 1 fully saturated rings. The fraction of sp³-hybridized carbons (Fsp3) is 0.375. The third-order valence-corrected chi connectivity index (χ3v) is 3.43. The molecule has 5 nitrogen and oxygen atoms in total. The van der Waals surface area contributed by atoms with Crippen molar-refractivity contribution in [3.63, 3.8) is 0 Å². The summed E-state index contributed by atoms with van der Waals surface area (Å²) in [6.07, 6.45) is 4.38. The van der Waals surface area contributed by atoms with Crippen molar-refractivity contribution >= 4 is 18.0 Å². The van der Waals surface area contributed by atoms with E-state index in [9.17, 15) is 9.59 Å². The highest BCUT2D eigenvalue weighted by atomic mass is 16.5. The number of amides is 1. The van der Waals surface area contributed by atoms with Gasteiger partial charge in [0.1, 0.15) is 11.8 Å². The molecule has 112 valence electrons. The fourth-order valence-electron chi connectivity index (χ4n) is 2.39. The summed E-state index contributed by atoms with van der Waals surface area (Å²) < 4.78 is 5.34. The second kappa shape index (κ2) is 6.92. The van der Waals surface area contributed by atoms with Gasteiger partial charge in [-0.2, -0.15) is 0 Å². The van der Waals surface area contributed by atoms with Gasteiger partial charge in [0.15, 0.2) is 0 Å². The van der Waals surface area contributed by atoms with Crippen molar-refractivity contribution in [1.82, 2.24) is 4.90 Å². The van der Waals surface area contributed by atoms with Crippen LogP contribution in [0.5, 0.6) is 5.75 Å². The maximum absolute atomic E-state index is 12.1. The average Bonchev–Trinajstić information content (AvgIpc) is 2.96. The van der Waals surface area contributed by atoms with Crippen LogP contribution >= 0.6 is 0 Å². The Morgan fingerprint density at radius 3 is 2.71 bits per heavy atom. The van der Waals surface area contributed by atoms with Gasteiger partial charge in [-0.05, 0) is 43.5 Å². The maximum atomic E-state index is 12.1. The Hall–Kier alpha value is -2.30. The normalized spacial score (nSPS) is 18.1. The van der Waals surface area contributed by atoms with Gasteiger partial charge in [0.05, 0.1) is 6.61 Å². The summed E-state index contributed by atoms with van der Waals surface area (Å²) in [6, 6.07) is 6.69. The Balaban J connectivity index is 1.99. The van der Waals surface area contributed by atoms with E-state index in [4.69, 9.17) is 9.84 Å². The van der Waals surface area contributed by atoms with Crippen LogP contribution in [0.3, 0.4) is 0 Å². The molecule has 1 aromatic rings. The molecule has 0 saturated carbocycles. The lowest BCUT2D eigenvalue weighted by atomic mass is 10.2. The first-order valence-electron chi connectivity index (χ1n) is 7.06. The highest BCUT2D eigenvalue weighted by Crippen LogP contribution is 2.18. The largest absolute Gasteiger partial charge is 0.494 e. The van der Waals surface area contributed by atoms with E-state index < -0.39 is 12.0 Å². The van der Waals surface area contributed by atoms with Crippen LogP contribution in [0, 0.1) is 0 Å². The number of hydrogen-bond donors (Lipinski definition) is 1. The summed E-state index contributed by atoms with van der Waals surface area (Å²) in [7, 11) is 0. The third kappa shape index (κ3) is 3.84. The molecule has 0 aromatic heterocycles. The molecule has 1 heterocycles. The Kier molecular flexibility index (Phi) is 4.98. The van der Waals surface area contributed by atoms with Gasteiger partial charge in [-0.1, -0.05) is 12.1 Å². The van der Waals surface area contributed by atoms with E-state index in [0.29, 0.717) is 19.6 Å². The van der Waals surface area contributed by atoms with Crippen molar-refractivity contribution in [1.29, 1.82) is 0 Å². The van der Waals surface area contributed by atoms with Crippen molar-refractivity contribution in [2.24, 2.45) is 0 Å². The van der Waals surface area contributed by atoms with Crippen LogP contribution in [0.2, 0.25) is 0 Å². The topological polar surface area (TPSA) is 66.8 Å². The molecule has 0 bridgehead atoms. The SMILES string of the molecule is CCOc1ccc(/C=C/C(=O)N2CCC[C@H]2C(=O)O)cc1. The molecule has 2 rings (SSSR count). The molecule has 21 heavy (non-hydrogen) atoms. The number of rotatable bonds is 5. The molecule has 1 aliphatic heterocycles. The molecular weight excluding hydrogens is 270 g/mol. The van der Waals surface area contributed by atoms with Gasteiger partial charge in [-0.15, -0.1) is 0 Å². The van der Waals surface area contributed by atoms with Gasteiger partial charge in [-0.25, -0.2) is 4.79 Å². The average molecular weight is 289 g/mol. The number of nitrogens with zero attached hydrogens (tertiary/aromatic N) is 1. The van der Waals surface area contributed by atoms with Crippen molar-refractivity contribution in [2.75, 3.05) is 13.2 Å². The minimum atomic E-state index is -0.935. The summed E-state index contributed by atoms with van der Waals surface area (Å²) in [5.74, 6) is -0.407. The smallest absolute Gasteiger partial charge is 0.326 e. The standard InChI is InChI=1S/C16H19NO4/c1-2-21-13-8-5-12(6-9-13)7-10-15(18)17-11-3-4-14(17)16(19)20/h5-10,14H,2-4,11H2,1H3,(H,19,20)/b10-7+/t14-/m0/s1. The van der Waals surface area contributed by atoms with Crippen molar-refractivity contribution < 1.29 is 19.4 Å². The Bertz CT molecular complexity index is 536. The quantitative estimate of drug-likeness (QED) is 0.844. The van der Waals surface area contributed by atoms with Gasteiger partial charge in [0.25, 0.3) is 0 Å². The molecule has 0 unspecified atom stereocenters. The maximum Gasteiger partial charge on any atom is 0.326 e. The van der Waals surface area contributed by atoms with Gasteiger partial charge in [0.2, 0.25) is 5.91 Å². The predicted molar refractivity (Wildman–Crippen MR) is 79.0 cm³/mol. The molecule has 0 aliphatic carbocycles. The van der Waals surface area contributed by atoms with Gasteiger partial charge in [0, 0.05) is 12.6 Å². The minimum absolute atomic E-state index is 0.256. The molecule has 0 radical (unpaired) electrons. The first-order valence-corrected chi connectivity index (χ1v) is 7.06. The van der Waals surface area contributed by atoms with Gasteiger partial charge < -0.3 is 14.7 Å². The molecule has 1 aromatic carbocycles. The first kappa shape index (κ1) is 15.1. The van der Waals surface area contributed by atoms with E-state index >= 15 is 0 Å². The number of carboxylic acids is 1. The number of benzene rings is 1. The van der Waals surface area contributed by atoms with E-state index in [0.717, 1.165) is 17.7 Å². The number of carbonyl (C=O) groups excluding carboxylic acids is 1. The van der Waals surface area contributed by atoms with Crippen LogP contribution in [-0.2, 0) is 9.59 Å². The second-order valence-corrected chi connectivity index (χ2v) is 4.86. The number of hydrogen-bond acceptors (Lipinski definition) is 3. The molecule has 1 amide bonds. The summed E-state index contributed by atoms with van der Waals surface area (Å²) >= 11 is 0. The summed E-state index contributed by atoms with van der Waals surface area (Å²) in [5, 5.41) is 9.07. The van der Waals surface area contributed by atoms with E-state index in [-0.39, 0.29) is 5.91 Å². The molecule has 1 atom stereocenters. The molecule has 1 aliphatic rings. The minimum Gasteiger partial charge on any atom is -0.494 e. The van der Waals surface area contributed by atoms with Crippen molar-refractivity contribution in [3.05, 3.63) is 35.9 Å². The fourth-order valence-corrected chi connectivity index (χ4v) is 2.39. The molecule has 1 N–H and O–H groups in total. The Labute approximate surface area is 123 Å². The Morgan fingerprint density at radius 1 is 1.38 bits per heavy atom. The van der Waals surface area contributed by atoms with Gasteiger partial charge >= 0.3 is 5.97 Å². The lowest BCUT2D eigenvalue weighted by Crippen LogP contribution is -2.39. The second-order valence-electron chi connectivity index (χ2n) is 4.86. The monoisotopic (exact) mass is 289 g/mol. The van der Waals surface area contributed by atoms with Crippen LogP contribution in [0.1, 0.15) is 25.3 Å². The van der Waals surface area contributed by atoms with Crippen LogP contribution in [-0.4, -0.2) is 41.1 Å². The van der Waals surface area contributed by atoms with Crippen LogP contribution in [0.4, 0.5) is 0 Å². The van der Waals surface area contributed by atoms with Crippen LogP contribution in [0.25, 0.3) is 6.08 Å². The number of carbonyl (C=O) groups is 2.